The Kier molecular flexibility index (Phi) is 2.97. The minimum absolute atomic E-state index is 0.176. The van der Waals surface area contributed by atoms with E-state index in [1.54, 1.807) is 0 Å². The SMILES string of the molecule is CCC(C)(C)NCc1cn2ccccc2n1. The van der Waals surface area contributed by atoms with Crippen molar-refractivity contribution in [3.63, 3.8) is 0 Å². The summed E-state index contributed by atoms with van der Waals surface area (Å²) >= 11 is 0. The molecule has 0 spiro atoms. The second-order valence-corrected chi connectivity index (χ2v) is 4.79. The van der Waals surface area contributed by atoms with Gasteiger partial charge >= 0.3 is 0 Å². The Morgan fingerprint density at radius 1 is 1.38 bits per heavy atom. The molecule has 0 atom stereocenters. The molecule has 86 valence electrons. The van der Waals surface area contributed by atoms with Gasteiger partial charge in [-0.3, -0.25) is 0 Å². The first kappa shape index (κ1) is 11.1. The van der Waals surface area contributed by atoms with Crippen molar-refractivity contribution in [3.8, 4) is 0 Å². The minimum Gasteiger partial charge on any atom is -0.307 e. The number of rotatable bonds is 4. The van der Waals surface area contributed by atoms with E-state index in [4.69, 9.17) is 0 Å². The van der Waals surface area contributed by atoms with E-state index in [1.165, 1.54) is 0 Å². The van der Waals surface area contributed by atoms with Gasteiger partial charge in [-0.25, -0.2) is 4.98 Å². The lowest BCUT2D eigenvalue weighted by atomic mass is 10.0. The second-order valence-electron chi connectivity index (χ2n) is 4.79. The van der Waals surface area contributed by atoms with E-state index in [0.717, 1.165) is 24.3 Å². The van der Waals surface area contributed by atoms with Crippen LogP contribution in [-0.4, -0.2) is 14.9 Å². The normalized spacial score (nSPS) is 12.2. The van der Waals surface area contributed by atoms with Crippen LogP contribution < -0.4 is 5.32 Å². The smallest absolute Gasteiger partial charge is 0.137 e. The molecule has 0 aliphatic heterocycles. The molecule has 0 saturated heterocycles. The molecule has 2 aromatic heterocycles. The maximum Gasteiger partial charge on any atom is 0.137 e. The molecule has 16 heavy (non-hydrogen) atoms. The van der Waals surface area contributed by atoms with Crippen LogP contribution in [-0.2, 0) is 6.54 Å². The highest BCUT2D eigenvalue weighted by Crippen LogP contribution is 2.09. The molecule has 2 aromatic rings. The first-order valence-electron chi connectivity index (χ1n) is 5.78. The van der Waals surface area contributed by atoms with Gasteiger partial charge in [-0.05, 0) is 32.4 Å². The van der Waals surface area contributed by atoms with Crippen molar-refractivity contribution in [1.29, 1.82) is 0 Å². The summed E-state index contributed by atoms with van der Waals surface area (Å²) in [4.78, 5) is 4.55. The third kappa shape index (κ3) is 2.42. The second kappa shape index (κ2) is 4.26. The number of imidazole rings is 1. The number of hydrogen-bond acceptors (Lipinski definition) is 2. The number of hydrogen-bond donors (Lipinski definition) is 1. The quantitative estimate of drug-likeness (QED) is 0.853. The molecule has 0 fully saturated rings. The summed E-state index contributed by atoms with van der Waals surface area (Å²) in [5.41, 5.74) is 2.27. The predicted octanol–water partition coefficient (Wildman–Crippen LogP) is 2.61. The van der Waals surface area contributed by atoms with Crippen molar-refractivity contribution in [2.45, 2.75) is 39.3 Å². The maximum absolute atomic E-state index is 4.55. The lowest BCUT2D eigenvalue weighted by Crippen LogP contribution is -2.37. The van der Waals surface area contributed by atoms with E-state index < -0.39 is 0 Å². The van der Waals surface area contributed by atoms with Crippen molar-refractivity contribution in [2.24, 2.45) is 0 Å². The summed E-state index contributed by atoms with van der Waals surface area (Å²) in [6, 6.07) is 6.05. The van der Waals surface area contributed by atoms with E-state index in [2.05, 4.69) is 41.7 Å². The molecule has 1 N–H and O–H groups in total. The standard InChI is InChI=1S/C13H19N3/c1-4-13(2,3)14-9-11-10-16-8-6-5-7-12(16)15-11/h5-8,10,14H,4,9H2,1-3H3. The van der Waals surface area contributed by atoms with Gasteiger partial charge < -0.3 is 9.72 Å². The molecule has 0 radical (unpaired) electrons. The molecule has 2 rings (SSSR count). The van der Waals surface area contributed by atoms with Crippen LogP contribution >= 0.6 is 0 Å². The Hall–Kier alpha value is -1.35. The van der Waals surface area contributed by atoms with Crippen LogP contribution in [0.3, 0.4) is 0 Å². The van der Waals surface area contributed by atoms with Gasteiger partial charge in [0.05, 0.1) is 5.69 Å². The van der Waals surface area contributed by atoms with Gasteiger partial charge in [-0.1, -0.05) is 13.0 Å². The fraction of sp³-hybridized carbons (Fsp3) is 0.462. The van der Waals surface area contributed by atoms with Crippen LogP contribution in [0.25, 0.3) is 5.65 Å². The van der Waals surface area contributed by atoms with E-state index >= 15 is 0 Å². The first-order chi connectivity index (χ1) is 7.61. The molecule has 0 bridgehead atoms. The van der Waals surface area contributed by atoms with Gasteiger partial charge in [0.2, 0.25) is 0 Å². The summed E-state index contributed by atoms with van der Waals surface area (Å²) in [5, 5.41) is 3.51. The lowest BCUT2D eigenvalue weighted by Gasteiger charge is -2.23. The third-order valence-corrected chi connectivity index (χ3v) is 3.05. The number of aromatic nitrogens is 2. The molecule has 3 nitrogen and oxygen atoms in total. The molecule has 0 unspecified atom stereocenters. The zero-order valence-electron chi connectivity index (χ0n) is 10.2. The zero-order valence-corrected chi connectivity index (χ0v) is 10.2. The van der Waals surface area contributed by atoms with Gasteiger partial charge in [0, 0.05) is 24.5 Å². The summed E-state index contributed by atoms with van der Waals surface area (Å²) in [6.07, 6.45) is 5.21. The van der Waals surface area contributed by atoms with Crippen molar-refractivity contribution in [2.75, 3.05) is 0 Å². The van der Waals surface area contributed by atoms with Crippen LogP contribution in [0.2, 0.25) is 0 Å². The molecule has 3 heteroatoms. The Morgan fingerprint density at radius 3 is 2.88 bits per heavy atom. The number of nitrogens with zero attached hydrogens (tertiary/aromatic N) is 2. The molecular weight excluding hydrogens is 198 g/mol. The van der Waals surface area contributed by atoms with Gasteiger partial charge in [0.25, 0.3) is 0 Å². The van der Waals surface area contributed by atoms with E-state index in [1.807, 2.05) is 24.4 Å². The minimum atomic E-state index is 0.176. The van der Waals surface area contributed by atoms with E-state index in [0.29, 0.717) is 0 Å². The highest BCUT2D eigenvalue weighted by molar-refractivity contribution is 5.39. The Bertz CT molecular complexity index is 438. The van der Waals surface area contributed by atoms with Gasteiger partial charge in [-0.2, -0.15) is 0 Å². The van der Waals surface area contributed by atoms with Crippen LogP contribution in [0, 0.1) is 0 Å². The summed E-state index contributed by atoms with van der Waals surface area (Å²) in [7, 11) is 0. The van der Waals surface area contributed by atoms with Crippen molar-refractivity contribution in [1.82, 2.24) is 14.7 Å². The number of fused-ring (bicyclic) bond motifs is 1. The van der Waals surface area contributed by atoms with Crippen LogP contribution in [0.15, 0.2) is 30.6 Å². The first-order valence-corrected chi connectivity index (χ1v) is 5.78. The lowest BCUT2D eigenvalue weighted by molar-refractivity contribution is 0.372. The fourth-order valence-corrected chi connectivity index (χ4v) is 1.53. The third-order valence-electron chi connectivity index (χ3n) is 3.05. The highest BCUT2D eigenvalue weighted by atomic mass is 15.0. The summed E-state index contributed by atoms with van der Waals surface area (Å²) in [6.45, 7) is 7.44. The largest absolute Gasteiger partial charge is 0.307 e. The zero-order chi connectivity index (χ0) is 11.6. The Labute approximate surface area is 96.5 Å². The van der Waals surface area contributed by atoms with E-state index in [9.17, 15) is 0 Å². The molecule has 0 aromatic carbocycles. The molecular formula is C13H19N3. The summed E-state index contributed by atoms with van der Waals surface area (Å²) < 4.78 is 2.05. The van der Waals surface area contributed by atoms with Gasteiger partial charge in [-0.15, -0.1) is 0 Å². The maximum atomic E-state index is 4.55. The molecule has 0 amide bonds. The van der Waals surface area contributed by atoms with Crippen LogP contribution in [0.1, 0.15) is 32.9 Å². The fourth-order valence-electron chi connectivity index (χ4n) is 1.53. The van der Waals surface area contributed by atoms with Gasteiger partial charge in [0.1, 0.15) is 5.65 Å². The van der Waals surface area contributed by atoms with Crippen molar-refractivity contribution in [3.05, 3.63) is 36.3 Å². The topological polar surface area (TPSA) is 29.3 Å². The monoisotopic (exact) mass is 217 g/mol. The predicted molar refractivity (Wildman–Crippen MR) is 66.4 cm³/mol. The number of nitrogens with one attached hydrogen (secondary N) is 1. The Morgan fingerprint density at radius 2 is 2.19 bits per heavy atom. The average Bonchev–Trinajstić information content (AvgIpc) is 2.69. The number of pyridine rings is 1. The van der Waals surface area contributed by atoms with Crippen molar-refractivity contribution >= 4 is 5.65 Å². The molecule has 2 heterocycles. The molecule has 0 aliphatic rings. The van der Waals surface area contributed by atoms with Crippen molar-refractivity contribution < 1.29 is 0 Å². The molecule has 0 aliphatic carbocycles. The highest BCUT2D eigenvalue weighted by Gasteiger charge is 2.14. The van der Waals surface area contributed by atoms with Crippen LogP contribution in [0.4, 0.5) is 0 Å². The molecule has 0 saturated carbocycles. The Balaban J connectivity index is 2.10. The van der Waals surface area contributed by atoms with Gasteiger partial charge in [0.15, 0.2) is 0 Å². The van der Waals surface area contributed by atoms with Crippen LogP contribution in [0.5, 0.6) is 0 Å². The average molecular weight is 217 g/mol. The van der Waals surface area contributed by atoms with E-state index in [-0.39, 0.29) is 5.54 Å². The summed E-state index contributed by atoms with van der Waals surface area (Å²) in [5.74, 6) is 0.